The van der Waals surface area contributed by atoms with E-state index in [-0.39, 0.29) is 6.04 Å². The Bertz CT molecular complexity index is 926. The summed E-state index contributed by atoms with van der Waals surface area (Å²) in [5, 5.41) is 11.9. The number of likely N-dealkylation sites (tertiary alicyclic amines) is 1. The molecule has 0 amide bonds. The Morgan fingerprint density at radius 1 is 1.28 bits per heavy atom. The normalized spacial score (nSPS) is 19.3. The largest absolute Gasteiger partial charge is 0.480 e. The molecule has 1 fully saturated rings. The summed E-state index contributed by atoms with van der Waals surface area (Å²) in [6.45, 7) is 0.797. The molecule has 1 aromatic carbocycles. The van der Waals surface area contributed by atoms with Gasteiger partial charge in [-0.1, -0.05) is 12.1 Å². The molecule has 3 heterocycles. The van der Waals surface area contributed by atoms with Crippen LogP contribution in [-0.2, 0) is 4.79 Å². The lowest BCUT2D eigenvalue weighted by Crippen LogP contribution is -2.39. The maximum Gasteiger partial charge on any atom is 0.320 e. The fourth-order valence-corrected chi connectivity index (χ4v) is 5.20. The van der Waals surface area contributed by atoms with Crippen LogP contribution in [0.4, 0.5) is 0 Å². The molecule has 25 heavy (non-hydrogen) atoms. The van der Waals surface area contributed by atoms with Crippen molar-refractivity contribution in [2.24, 2.45) is 0 Å². The van der Waals surface area contributed by atoms with Crippen molar-refractivity contribution in [2.75, 3.05) is 6.54 Å². The van der Waals surface area contributed by atoms with Gasteiger partial charge in [-0.25, -0.2) is 0 Å². The van der Waals surface area contributed by atoms with E-state index in [9.17, 15) is 9.90 Å². The summed E-state index contributed by atoms with van der Waals surface area (Å²) in [5.41, 5.74) is 1.13. The van der Waals surface area contributed by atoms with E-state index in [1.165, 1.54) is 0 Å². The number of nitrogens with zero attached hydrogens (tertiary/aromatic N) is 2. The van der Waals surface area contributed by atoms with Crippen molar-refractivity contribution in [3.63, 3.8) is 0 Å². The predicted octanol–water partition coefficient (Wildman–Crippen LogP) is 4.70. The first-order valence-electron chi connectivity index (χ1n) is 8.21. The average Bonchev–Trinajstić information content (AvgIpc) is 3.25. The highest BCUT2D eigenvalue weighted by molar-refractivity contribution is 9.11. The van der Waals surface area contributed by atoms with E-state index in [2.05, 4.69) is 50.1 Å². The third kappa shape index (κ3) is 3.21. The Labute approximate surface area is 158 Å². The predicted molar refractivity (Wildman–Crippen MR) is 103 cm³/mol. The van der Waals surface area contributed by atoms with E-state index < -0.39 is 12.0 Å². The molecule has 0 saturated carbocycles. The summed E-state index contributed by atoms with van der Waals surface area (Å²) in [5.74, 6) is -0.733. The van der Waals surface area contributed by atoms with Gasteiger partial charge in [0.2, 0.25) is 0 Å². The second-order valence-corrected chi connectivity index (χ2v) is 8.76. The number of aliphatic carboxylic acids is 1. The van der Waals surface area contributed by atoms with Gasteiger partial charge in [-0.2, -0.15) is 0 Å². The molecule has 6 heteroatoms. The van der Waals surface area contributed by atoms with Gasteiger partial charge < -0.3 is 5.11 Å². The molecule has 2 aromatic heterocycles. The van der Waals surface area contributed by atoms with Crippen LogP contribution in [0.1, 0.15) is 29.3 Å². The fourth-order valence-electron chi connectivity index (χ4n) is 3.63. The highest BCUT2D eigenvalue weighted by Gasteiger charge is 2.37. The number of thiophene rings is 1. The summed E-state index contributed by atoms with van der Waals surface area (Å²) in [6.07, 6.45) is 5.26. The van der Waals surface area contributed by atoms with Crippen molar-refractivity contribution in [1.29, 1.82) is 0 Å². The minimum atomic E-state index is -0.733. The van der Waals surface area contributed by atoms with Crippen LogP contribution in [0.3, 0.4) is 0 Å². The van der Waals surface area contributed by atoms with Crippen molar-refractivity contribution in [1.82, 2.24) is 9.88 Å². The van der Waals surface area contributed by atoms with Gasteiger partial charge in [0.1, 0.15) is 6.04 Å². The molecular weight excluding hydrogens is 400 g/mol. The maximum atomic E-state index is 11.7. The minimum absolute atomic E-state index is 0.0440. The topological polar surface area (TPSA) is 53.4 Å². The fraction of sp³-hybridized carbons (Fsp3) is 0.263. The van der Waals surface area contributed by atoms with Crippen LogP contribution < -0.4 is 0 Å². The number of carboxylic acids is 1. The van der Waals surface area contributed by atoms with Gasteiger partial charge in [-0.15, -0.1) is 11.3 Å². The maximum absolute atomic E-state index is 11.7. The Morgan fingerprint density at radius 2 is 2.16 bits per heavy atom. The van der Waals surface area contributed by atoms with Crippen LogP contribution in [0.15, 0.2) is 52.6 Å². The van der Waals surface area contributed by atoms with Crippen molar-refractivity contribution >= 4 is 44.0 Å². The summed E-state index contributed by atoms with van der Waals surface area (Å²) >= 11 is 5.21. The molecule has 0 bridgehead atoms. The Hall–Kier alpha value is -1.76. The van der Waals surface area contributed by atoms with Crippen LogP contribution >= 0.6 is 27.3 Å². The van der Waals surface area contributed by atoms with E-state index in [0.29, 0.717) is 6.42 Å². The summed E-state index contributed by atoms with van der Waals surface area (Å²) < 4.78 is 1.06. The van der Waals surface area contributed by atoms with Crippen molar-refractivity contribution < 1.29 is 9.90 Å². The number of aromatic nitrogens is 1. The van der Waals surface area contributed by atoms with Gasteiger partial charge in [-0.3, -0.25) is 14.7 Å². The van der Waals surface area contributed by atoms with E-state index in [1.807, 2.05) is 18.3 Å². The third-order valence-electron chi connectivity index (χ3n) is 4.75. The monoisotopic (exact) mass is 416 g/mol. The van der Waals surface area contributed by atoms with Crippen LogP contribution in [-0.4, -0.2) is 33.5 Å². The van der Waals surface area contributed by atoms with E-state index in [4.69, 9.17) is 0 Å². The van der Waals surface area contributed by atoms with E-state index in [0.717, 1.165) is 38.0 Å². The van der Waals surface area contributed by atoms with E-state index >= 15 is 0 Å². The summed E-state index contributed by atoms with van der Waals surface area (Å²) in [6, 6.07) is 12.0. The zero-order valence-corrected chi connectivity index (χ0v) is 15.8. The zero-order valence-electron chi connectivity index (χ0n) is 13.4. The first-order valence-corrected chi connectivity index (χ1v) is 9.82. The number of pyridine rings is 1. The molecule has 0 aliphatic carbocycles. The van der Waals surface area contributed by atoms with Crippen LogP contribution in [0, 0.1) is 0 Å². The number of rotatable bonds is 4. The highest BCUT2D eigenvalue weighted by Crippen LogP contribution is 2.39. The summed E-state index contributed by atoms with van der Waals surface area (Å²) in [4.78, 5) is 19.2. The molecular formula is C19H17BrN2O2S. The molecule has 128 valence electrons. The number of fused-ring (bicyclic) bond motifs is 1. The molecule has 2 atom stereocenters. The van der Waals surface area contributed by atoms with Gasteiger partial charge in [-0.05, 0) is 64.0 Å². The molecule has 0 spiro atoms. The Balaban J connectivity index is 1.83. The van der Waals surface area contributed by atoms with E-state index in [1.54, 1.807) is 17.5 Å². The lowest BCUT2D eigenvalue weighted by atomic mass is 9.99. The quantitative estimate of drug-likeness (QED) is 0.669. The van der Waals surface area contributed by atoms with Crippen LogP contribution in [0.5, 0.6) is 0 Å². The summed E-state index contributed by atoms with van der Waals surface area (Å²) in [7, 11) is 0. The minimum Gasteiger partial charge on any atom is -0.480 e. The second kappa shape index (κ2) is 6.86. The van der Waals surface area contributed by atoms with Gasteiger partial charge in [0, 0.05) is 29.2 Å². The number of carboxylic acid groups (broad SMARTS) is 1. The Kier molecular flexibility index (Phi) is 4.58. The average molecular weight is 417 g/mol. The smallest absolute Gasteiger partial charge is 0.320 e. The standard InChI is InChI=1S/C19H17BrN2O2S/c20-17-6-5-16(25-17)18(22-9-1-2-15(22)19(23)24)13-3-4-14-11-21-8-7-12(14)10-13/h3-8,10-11,15,18H,1-2,9H2,(H,23,24). The second-order valence-electron chi connectivity index (χ2n) is 6.26. The van der Waals surface area contributed by atoms with Crippen molar-refractivity contribution in [2.45, 2.75) is 24.9 Å². The molecule has 1 aliphatic heterocycles. The third-order valence-corrected chi connectivity index (χ3v) is 6.43. The molecule has 0 radical (unpaired) electrons. The van der Waals surface area contributed by atoms with Crippen molar-refractivity contribution in [3.05, 3.63) is 63.0 Å². The first-order chi connectivity index (χ1) is 12.1. The Morgan fingerprint density at radius 3 is 2.92 bits per heavy atom. The number of hydrogen-bond acceptors (Lipinski definition) is 4. The molecule has 4 rings (SSSR count). The SMILES string of the molecule is O=C(O)C1CCCN1C(c1ccc2cnccc2c1)c1ccc(Br)s1. The van der Waals surface area contributed by atoms with Gasteiger partial charge in [0.05, 0.1) is 9.83 Å². The molecule has 2 unspecified atom stereocenters. The van der Waals surface area contributed by atoms with Gasteiger partial charge in [0.25, 0.3) is 0 Å². The highest BCUT2D eigenvalue weighted by atomic mass is 79.9. The molecule has 1 N–H and O–H groups in total. The molecule has 3 aromatic rings. The van der Waals surface area contributed by atoms with Crippen molar-refractivity contribution in [3.8, 4) is 0 Å². The number of benzene rings is 1. The number of hydrogen-bond donors (Lipinski definition) is 1. The lowest BCUT2D eigenvalue weighted by Gasteiger charge is -2.31. The number of carbonyl (C=O) groups is 1. The lowest BCUT2D eigenvalue weighted by molar-refractivity contribution is -0.142. The number of halogens is 1. The molecule has 4 nitrogen and oxygen atoms in total. The zero-order chi connectivity index (χ0) is 17.4. The van der Waals surface area contributed by atoms with Crippen LogP contribution in [0.25, 0.3) is 10.8 Å². The van der Waals surface area contributed by atoms with Crippen LogP contribution in [0.2, 0.25) is 0 Å². The first kappa shape index (κ1) is 16.7. The molecule has 1 saturated heterocycles. The van der Waals surface area contributed by atoms with Gasteiger partial charge in [0.15, 0.2) is 0 Å². The van der Waals surface area contributed by atoms with Gasteiger partial charge >= 0.3 is 5.97 Å². The molecule has 1 aliphatic rings.